The van der Waals surface area contributed by atoms with Crippen LogP contribution in [0.15, 0.2) is 197 Å². The maximum Gasteiger partial charge on any atom is 0.197 e. The number of benzene rings is 7. The number of ether oxygens (including phenoxy) is 8. The van der Waals surface area contributed by atoms with Crippen LogP contribution in [0.3, 0.4) is 0 Å². The van der Waals surface area contributed by atoms with Crippen LogP contribution in [0.1, 0.15) is 39.5 Å². The summed E-state index contributed by atoms with van der Waals surface area (Å²) in [6, 6.07) is 59.3. The maximum atomic E-state index is 14.4. The number of hydrogen-bond acceptors (Lipinski definition) is 11. The summed E-state index contributed by atoms with van der Waals surface area (Å²) in [4.78, 5) is 14.4. The van der Waals surface area contributed by atoms with Crippen molar-refractivity contribution < 1.29 is 47.4 Å². The highest BCUT2D eigenvalue weighted by atomic mass is 16.7. The molecule has 0 unspecified atom stereocenters. The van der Waals surface area contributed by atoms with E-state index in [1.54, 1.807) is 37.4 Å². The van der Waals surface area contributed by atoms with Gasteiger partial charge in [-0.3, -0.25) is 4.79 Å². The molecule has 1 N–H and O–H groups in total. The Bertz CT molecular complexity index is 2880. The number of methoxy groups -OCH3 is 1. The molecule has 8 aromatic rings. The smallest absolute Gasteiger partial charge is 0.197 e. The van der Waals surface area contributed by atoms with Crippen molar-refractivity contribution in [2.24, 2.45) is 0 Å². The second kappa shape index (κ2) is 23.3. The molecule has 0 saturated carbocycles. The number of phenols is 1. The fraction of sp³-hybridized carbons (Fsp3) is 0.224. The first-order valence-corrected chi connectivity index (χ1v) is 23.0. The lowest BCUT2D eigenvalue weighted by molar-refractivity contribution is -0.275. The minimum Gasteiger partial charge on any atom is -0.506 e. The molecule has 0 aliphatic carbocycles. The normalized spacial score (nSPS) is 18.0. The van der Waals surface area contributed by atoms with Crippen LogP contribution in [0.2, 0.25) is 0 Å². The van der Waals surface area contributed by atoms with Gasteiger partial charge in [-0.05, 0) is 52.1 Å². The van der Waals surface area contributed by atoms with Gasteiger partial charge in [0.1, 0.15) is 71.1 Å². The molecule has 11 heteroatoms. The number of rotatable bonds is 21. The first-order chi connectivity index (χ1) is 34.0. The maximum absolute atomic E-state index is 14.4. The van der Waals surface area contributed by atoms with Gasteiger partial charge in [0.25, 0.3) is 0 Å². The van der Waals surface area contributed by atoms with Crippen molar-refractivity contribution in [3.8, 4) is 28.6 Å². The zero-order chi connectivity index (χ0) is 47.2. The van der Waals surface area contributed by atoms with Gasteiger partial charge in [-0.1, -0.05) is 152 Å². The molecule has 1 fully saturated rings. The van der Waals surface area contributed by atoms with Gasteiger partial charge in [0.15, 0.2) is 12.2 Å². The fourth-order valence-corrected chi connectivity index (χ4v) is 8.43. The standard InChI is InChI=1S/C58H54O11/c1-61-39-67-46-29-27-45(28-30-46)48-31-47(59)52-50(68-48)32-49(63-34-41-19-9-3-10-20-41)53(54(52)60)56-58(66-37-44-25-15-6-16-26-44)57(65-36-43-23-13-5-14-24-43)55(64-35-42-21-11-4-12-22-42)51(69-56)38-62-33-40-17-7-2-8-18-40/h2-32,51,55-58,60H,33-39H2,1H3/t51-,55-,56+,57+,58+/m1/s1. The van der Waals surface area contributed by atoms with E-state index in [1.807, 2.05) is 152 Å². The van der Waals surface area contributed by atoms with E-state index in [-0.39, 0.29) is 73.6 Å². The zero-order valence-corrected chi connectivity index (χ0v) is 38.3. The van der Waals surface area contributed by atoms with Crippen molar-refractivity contribution in [2.45, 2.75) is 63.6 Å². The fourth-order valence-electron chi connectivity index (χ4n) is 8.43. The van der Waals surface area contributed by atoms with E-state index in [0.717, 1.165) is 27.8 Å². The monoisotopic (exact) mass is 926 g/mol. The van der Waals surface area contributed by atoms with E-state index < -0.39 is 35.9 Å². The van der Waals surface area contributed by atoms with Crippen molar-refractivity contribution in [2.75, 3.05) is 20.5 Å². The lowest BCUT2D eigenvalue weighted by atomic mass is 9.88. The zero-order valence-electron chi connectivity index (χ0n) is 38.3. The number of fused-ring (bicyclic) bond motifs is 1. The van der Waals surface area contributed by atoms with Gasteiger partial charge in [-0.2, -0.15) is 0 Å². The average molecular weight is 927 g/mol. The molecule has 9 rings (SSSR count). The summed E-state index contributed by atoms with van der Waals surface area (Å²) in [5.41, 5.74) is 5.12. The van der Waals surface area contributed by atoms with Crippen LogP contribution in [-0.2, 0) is 61.5 Å². The molecule has 1 saturated heterocycles. The summed E-state index contributed by atoms with van der Waals surface area (Å²) in [5.74, 6) is 0.724. The number of phenolic OH excluding ortho intramolecular Hbond substituents is 1. The van der Waals surface area contributed by atoms with Crippen molar-refractivity contribution in [1.29, 1.82) is 0 Å². The van der Waals surface area contributed by atoms with Crippen LogP contribution in [0, 0.1) is 0 Å². The molecule has 2 heterocycles. The molecule has 1 aliphatic heterocycles. The van der Waals surface area contributed by atoms with Crippen LogP contribution >= 0.6 is 0 Å². The molecule has 352 valence electrons. The van der Waals surface area contributed by atoms with E-state index in [9.17, 15) is 9.90 Å². The third-order valence-corrected chi connectivity index (χ3v) is 11.9. The second-order valence-corrected chi connectivity index (χ2v) is 16.7. The van der Waals surface area contributed by atoms with E-state index in [0.29, 0.717) is 17.9 Å². The van der Waals surface area contributed by atoms with Gasteiger partial charge in [0.05, 0.1) is 38.6 Å². The summed E-state index contributed by atoms with van der Waals surface area (Å²) in [6.07, 6.45) is -4.42. The molecular formula is C58H54O11. The number of hydrogen-bond donors (Lipinski definition) is 1. The Hall–Kier alpha value is -7.09. The lowest BCUT2D eigenvalue weighted by Gasteiger charge is -2.46. The second-order valence-electron chi connectivity index (χ2n) is 16.7. The summed E-state index contributed by atoms with van der Waals surface area (Å²) >= 11 is 0. The highest BCUT2D eigenvalue weighted by molar-refractivity contribution is 5.88. The molecule has 5 atom stereocenters. The molecule has 11 nitrogen and oxygen atoms in total. The molecule has 1 aliphatic rings. The predicted molar refractivity (Wildman–Crippen MR) is 262 cm³/mol. The van der Waals surface area contributed by atoms with E-state index in [4.69, 9.17) is 42.3 Å². The predicted octanol–water partition coefficient (Wildman–Crippen LogP) is 11.1. The van der Waals surface area contributed by atoms with Gasteiger partial charge in [-0.15, -0.1) is 0 Å². The Kier molecular flexibility index (Phi) is 15.9. The lowest BCUT2D eigenvalue weighted by Crippen LogP contribution is -2.58. The largest absolute Gasteiger partial charge is 0.506 e. The van der Waals surface area contributed by atoms with Gasteiger partial charge in [0, 0.05) is 24.8 Å². The van der Waals surface area contributed by atoms with Gasteiger partial charge >= 0.3 is 0 Å². The first-order valence-electron chi connectivity index (χ1n) is 23.0. The molecule has 69 heavy (non-hydrogen) atoms. The van der Waals surface area contributed by atoms with Crippen molar-refractivity contribution in [3.63, 3.8) is 0 Å². The average Bonchev–Trinajstić information content (AvgIpc) is 3.39. The summed E-state index contributed by atoms with van der Waals surface area (Å²) in [5, 5.41) is 12.7. The minimum atomic E-state index is -1.11. The summed E-state index contributed by atoms with van der Waals surface area (Å²) < 4.78 is 58.4. The molecule has 0 spiro atoms. The summed E-state index contributed by atoms with van der Waals surface area (Å²) in [6.45, 7) is 1.20. The van der Waals surface area contributed by atoms with E-state index in [1.165, 1.54) is 6.07 Å². The Labute approximate surface area is 401 Å². The Morgan fingerprint density at radius 1 is 0.536 bits per heavy atom. The molecule has 0 radical (unpaired) electrons. The van der Waals surface area contributed by atoms with E-state index >= 15 is 0 Å². The molecule has 7 aromatic carbocycles. The molecular weight excluding hydrogens is 873 g/mol. The topological polar surface area (TPSA) is 124 Å². The van der Waals surface area contributed by atoms with Gasteiger partial charge < -0.3 is 47.4 Å². The van der Waals surface area contributed by atoms with E-state index in [2.05, 4.69) is 0 Å². The van der Waals surface area contributed by atoms with Crippen LogP contribution < -0.4 is 14.9 Å². The highest BCUT2D eigenvalue weighted by Gasteiger charge is 2.51. The third-order valence-electron chi connectivity index (χ3n) is 11.9. The first kappa shape index (κ1) is 47.0. The van der Waals surface area contributed by atoms with Crippen LogP contribution in [0.5, 0.6) is 17.2 Å². The van der Waals surface area contributed by atoms with Crippen LogP contribution in [0.25, 0.3) is 22.3 Å². The van der Waals surface area contributed by atoms with Crippen LogP contribution in [-0.4, -0.2) is 50.0 Å². The van der Waals surface area contributed by atoms with Crippen molar-refractivity contribution in [3.05, 3.63) is 232 Å². The minimum absolute atomic E-state index is 0.0487. The summed E-state index contributed by atoms with van der Waals surface area (Å²) in [7, 11) is 1.55. The number of aromatic hydroxyl groups is 1. The SMILES string of the molecule is COCOc1ccc(-c2cc(=O)c3c(O)c([C@@H]4O[C@H](COCc5ccccc5)[C@@H](OCc5ccccc5)[C@H](OCc5ccccc5)[C@H]4OCc4ccccc4)c(OCc4ccccc4)cc3o2)cc1. The Morgan fingerprint density at radius 3 is 1.57 bits per heavy atom. The Morgan fingerprint density at radius 2 is 1.03 bits per heavy atom. The van der Waals surface area contributed by atoms with Gasteiger partial charge in [0.2, 0.25) is 0 Å². The van der Waals surface area contributed by atoms with Crippen molar-refractivity contribution >= 4 is 11.0 Å². The molecule has 0 bridgehead atoms. The quantitative estimate of drug-likeness (QED) is 0.0693. The van der Waals surface area contributed by atoms with Crippen LogP contribution in [0.4, 0.5) is 0 Å². The molecule has 0 amide bonds. The Balaban J connectivity index is 1.18. The highest BCUT2D eigenvalue weighted by Crippen LogP contribution is 2.48. The molecule has 1 aromatic heterocycles. The van der Waals surface area contributed by atoms with Gasteiger partial charge in [-0.25, -0.2) is 0 Å². The van der Waals surface area contributed by atoms with Crippen molar-refractivity contribution in [1.82, 2.24) is 0 Å². The third kappa shape index (κ3) is 12.0.